The van der Waals surface area contributed by atoms with E-state index in [4.69, 9.17) is 0 Å². The van der Waals surface area contributed by atoms with E-state index < -0.39 is 0 Å². The molecule has 0 N–H and O–H groups in total. The van der Waals surface area contributed by atoms with Gasteiger partial charge in [0.25, 0.3) is 0 Å². The van der Waals surface area contributed by atoms with Gasteiger partial charge >= 0.3 is 0 Å². The molecule has 0 bridgehead atoms. The third kappa shape index (κ3) is 1.07. The van der Waals surface area contributed by atoms with Gasteiger partial charge in [0.15, 0.2) is 0 Å². The minimum Gasteiger partial charge on any atom is -0.367 e. The molecule has 4 rings (SSSR count). The van der Waals surface area contributed by atoms with E-state index in [1.807, 2.05) is 0 Å². The normalized spacial score (nSPS) is 31.1. The first-order chi connectivity index (χ1) is 7.95. The van der Waals surface area contributed by atoms with Crippen LogP contribution in [0.4, 0.5) is 5.69 Å². The Morgan fingerprint density at radius 1 is 1.06 bits per heavy atom. The average Bonchev–Trinajstić information content (AvgIpc) is 2.80. The molecule has 2 atom stereocenters. The molecule has 2 heterocycles. The van der Waals surface area contributed by atoms with Gasteiger partial charge in [-0.3, -0.25) is 0 Å². The summed E-state index contributed by atoms with van der Waals surface area (Å²) < 4.78 is 0. The fourth-order valence-corrected chi connectivity index (χ4v) is 4.18. The number of benzene rings is 1. The largest absolute Gasteiger partial charge is 0.367 e. The SMILES string of the molecule is c1cc2c3c(c1)[C@H]1CCC[C@H]1N3CCCC2. The van der Waals surface area contributed by atoms with Crippen LogP contribution in [0, 0.1) is 0 Å². The molecule has 1 nitrogen and oxygen atoms in total. The zero-order chi connectivity index (χ0) is 10.5. The minimum atomic E-state index is 0.856. The number of para-hydroxylation sites is 1. The Balaban J connectivity index is 1.92. The Hall–Kier alpha value is -0.980. The number of nitrogens with zero attached hydrogens (tertiary/aromatic N) is 1. The second-order valence-corrected chi connectivity index (χ2v) is 5.61. The van der Waals surface area contributed by atoms with Gasteiger partial charge in [-0.25, -0.2) is 0 Å². The molecule has 1 aromatic rings. The maximum Gasteiger partial charge on any atom is 0.0437 e. The molecule has 1 heteroatoms. The zero-order valence-electron chi connectivity index (χ0n) is 9.78. The fourth-order valence-electron chi connectivity index (χ4n) is 4.18. The lowest BCUT2D eigenvalue weighted by Crippen LogP contribution is -2.31. The quantitative estimate of drug-likeness (QED) is 0.637. The molecular formula is C15H19N. The van der Waals surface area contributed by atoms with Crippen molar-refractivity contribution in [3.63, 3.8) is 0 Å². The highest BCUT2D eigenvalue weighted by atomic mass is 15.2. The van der Waals surface area contributed by atoms with Crippen molar-refractivity contribution in [2.75, 3.05) is 11.4 Å². The van der Waals surface area contributed by atoms with Gasteiger partial charge in [0, 0.05) is 24.2 Å². The smallest absolute Gasteiger partial charge is 0.0437 e. The van der Waals surface area contributed by atoms with Crippen molar-refractivity contribution in [2.45, 2.75) is 50.5 Å². The summed E-state index contributed by atoms with van der Waals surface area (Å²) in [7, 11) is 0. The number of hydrogen-bond donors (Lipinski definition) is 0. The minimum absolute atomic E-state index is 0.856. The molecule has 0 radical (unpaired) electrons. The van der Waals surface area contributed by atoms with E-state index >= 15 is 0 Å². The van der Waals surface area contributed by atoms with E-state index in [9.17, 15) is 0 Å². The van der Waals surface area contributed by atoms with Crippen LogP contribution in [0.25, 0.3) is 0 Å². The van der Waals surface area contributed by atoms with E-state index in [-0.39, 0.29) is 0 Å². The van der Waals surface area contributed by atoms with Crippen molar-refractivity contribution in [2.24, 2.45) is 0 Å². The monoisotopic (exact) mass is 213 g/mol. The van der Waals surface area contributed by atoms with Crippen LogP contribution in [0.5, 0.6) is 0 Å². The molecule has 16 heavy (non-hydrogen) atoms. The summed E-state index contributed by atoms with van der Waals surface area (Å²) in [5.74, 6) is 0.869. The molecule has 0 unspecified atom stereocenters. The Kier molecular flexibility index (Phi) is 1.85. The number of rotatable bonds is 0. The van der Waals surface area contributed by atoms with Crippen LogP contribution in [0.1, 0.15) is 49.1 Å². The molecule has 2 aliphatic heterocycles. The second-order valence-electron chi connectivity index (χ2n) is 5.61. The van der Waals surface area contributed by atoms with Gasteiger partial charge in [-0.1, -0.05) is 24.6 Å². The van der Waals surface area contributed by atoms with Crippen LogP contribution < -0.4 is 4.90 Å². The Morgan fingerprint density at radius 2 is 2.06 bits per heavy atom. The topological polar surface area (TPSA) is 3.24 Å². The highest BCUT2D eigenvalue weighted by Gasteiger charge is 2.42. The molecule has 0 aromatic heterocycles. The summed E-state index contributed by atoms with van der Waals surface area (Å²) in [5.41, 5.74) is 4.96. The maximum absolute atomic E-state index is 2.76. The summed E-state index contributed by atoms with van der Waals surface area (Å²) in [6, 6.07) is 7.90. The van der Waals surface area contributed by atoms with Crippen molar-refractivity contribution >= 4 is 5.69 Å². The summed E-state index contributed by atoms with van der Waals surface area (Å²) in [5, 5.41) is 0. The molecule has 1 aliphatic carbocycles. The van der Waals surface area contributed by atoms with Crippen molar-refractivity contribution in [1.29, 1.82) is 0 Å². The fraction of sp³-hybridized carbons (Fsp3) is 0.600. The van der Waals surface area contributed by atoms with Crippen molar-refractivity contribution in [1.82, 2.24) is 0 Å². The van der Waals surface area contributed by atoms with E-state index in [1.165, 1.54) is 45.1 Å². The summed E-state index contributed by atoms with van der Waals surface area (Å²) in [6.07, 6.45) is 8.37. The molecule has 0 spiro atoms. The summed E-state index contributed by atoms with van der Waals surface area (Å²) in [6.45, 7) is 1.31. The Morgan fingerprint density at radius 3 is 3.06 bits per heavy atom. The van der Waals surface area contributed by atoms with Gasteiger partial charge in [0.05, 0.1) is 0 Å². The van der Waals surface area contributed by atoms with Crippen LogP contribution in [-0.4, -0.2) is 12.6 Å². The summed E-state index contributed by atoms with van der Waals surface area (Å²) in [4.78, 5) is 2.76. The highest BCUT2D eigenvalue weighted by molar-refractivity contribution is 5.67. The molecule has 0 saturated heterocycles. The average molecular weight is 213 g/mol. The molecular weight excluding hydrogens is 194 g/mol. The van der Waals surface area contributed by atoms with Gasteiger partial charge in [0.1, 0.15) is 0 Å². The highest BCUT2D eigenvalue weighted by Crippen LogP contribution is 2.51. The number of anilines is 1. The molecule has 1 saturated carbocycles. The zero-order valence-corrected chi connectivity index (χ0v) is 9.78. The maximum atomic E-state index is 2.76. The van der Waals surface area contributed by atoms with E-state index in [0.29, 0.717) is 0 Å². The van der Waals surface area contributed by atoms with E-state index in [0.717, 1.165) is 12.0 Å². The molecule has 3 aliphatic rings. The van der Waals surface area contributed by atoms with Crippen LogP contribution in [-0.2, 0) is 6.42 Å². The van der Waals surface area contributed by atoms with Crippen molar-refractivity contribution < 1.29 is 0 Å². The van der Waals surface area contributed by atoms with Gasteiger partial charge in [0.2, 0.25) is 0 Å². The van der Waals surface area contributed by atoms with E-state index in [2.05, 4.69) is 23.1 Å². The Labute approximate surface area is 97.5 Å². The predicted octanol–water partition coefficient (Wildman–Crippen LogP) is 3.48. The first-order valence-corrected chi connectivity index (χ1v) is 6.83. The van der Waals surface area contributed by atoms with Crippen LogP contribution in [0.15, 0.2) is 18.2 Å². The summed E-state index contributed by atoms with van der Waals surface area (Å²) >= 11 is 0. The lowest BCUT2D eigenvalue weighted by Gasteiger charge is -2.26. The van der Waals surface area contributed by atoms with Crippen molar-refractivity contribution in [3.8, 4) is 0 Å². The Bertz CT molecular complexity index is 423. The standard InChI is InChI=1S/C15H19N/c1-2-10-16-14-9-4-7-12(14)13-8-3-6-11(5-1)15(13)16/h3,6,8,12,14H,1-2,4-5,7,9-10H2/t12-,14-/m1/s1. The van der Waals surface area contributed by atoms with Gasteiger partial charge in [-0.15, -0.1) is 0 Å². The number of hydrogen-bond acceptors (Lipinski definition) is 1. The van der Waals surface area contributed by atoms with Crippen LogP contribution in [0.2, 0.25) is 0 Å². The third-order valence-electron chi connectivity index (χ3n) is 4.81. The predicted molar refractivity (Wildman–Crippen MR) is 67.1 cm³/mol. The molecule has 0 amide bonds. The van der Waals surface area contributed by atoms with Gasteiger partial charge in [-0.2, -0.15) is 0 Å². The number of fused-ring (bicyclic) bond motifs is 3. The van der Waals surface area contributed by atoms with E-state index in [1.54, 1.807) is 16.8 Å². The van der Waals surface area contributed by atoms with Crippen LogP contribution >= 0.6 is 0 Å². The lowest BCUT2D eigenvalue weighted by atomic mass is 9.95. The molecule has 1 aromatic carbocycles. The first-order valence-electron chi connectivity index (χ1n) is 6.83. The van der Waals surface area contributed by atoms with Crippen LogP contribution in [0.3, 0.4) is 0 Å². The van der Waals surface area contributed by atoms with Crippen molar-refractivity contribution in [3.05, 3.63) is 29.3 Å². The molecule has 1 fully saturated rings. The number of aryl methyl sites for hydroxylation is 1. The van der Waals surface area contributed by atoms with Gasteiger partial charge in [-0.05, 0) is 43.2 Å². The van der Waals surface area contributed by atoms with Gasteiger partial charge < -0.3 is 4.90 Å². The third-order valence-corrected chi connectivity index (χ3v) is 4.81. The first kappa shape index (κ1) is 9.09. The second kappa shape index (κ2) is 3.26. The lowest BCUT2D eigenvalue weighted by molar-refractivity contribution is 0.577. The molecule has 84 valence electrons.